The van der Waals surface area contributed by atoms with Gasteiger partial charge in [0.15, 0.2) is 0 Å². The van der Waals surface area contributed by atoms with E-state index in [4.69, 9.17) is 0 Å². The molecule has 13 heavy (non-hydrogen) atoms. The third-order valence-corrected chi connectivity index (χ3v) is 2.44. The summed E-state index contributed by atoms with van der Waals surface area (Å²) in [5.41, 5.74) is -0.458. The lowest BCUT2D eigenvalue weighted by atomic mass is 9.94. The number of nitrogens with zero attached hydrogens (tertiary/aromatic N) is 2. The van der Waals surface area contributed by atoms with E-state index in [0.717, 1.165) is 0 Å². The van der Waals surface area contributed by atoms with Gasteiger partial charge in [0.1, 0.15) is 6.10 Å². The van der Waals surface area contributed by atoms with Crippen LogP contribution in [0.2, 0.25) is 0 Å². The second kappa shape index (κ2) is 3.47. The number of aryl methyl sites for hydroxylation is 1. The van der Waals surface area contributed by atoms with Gasteiger partial charge in [-0.2, -0.15) is 5.10 Å². The fraction of sp³-hybridized carbons (Fsp3) is 0.667. The Hall–Kier alpha value is -0.870. The van der Waals surface area contributed by atoms with Crippen molar-refractivity contribution in [3.05, 3.63) is 18.0 Å². The van der Waals surface area contributed by atoms with Crippen molar-refractivity contribution in [2.75, 3.05) is 0 Å². The molecular formula is C9H16N2O2. The van der Waals surface area contributed by atoms with Crippen LogP contribution in [-0.2, 0) is 7.05 Å². The highest BCUT2D eigenvalue weighted by Crippen LogP contribution is 2.27. The van der Waals surface area contributed by atoms with Gasteiger partial charge in [-0.05, 0) is 19.4 Å². The van der Waals surface area contributed by atoms with Crippen molar-refractivity contribution in [2.45, 2.75) is 32.0 Å². The molecule has 0 aliphatic carbocycles. The van der Waals surface area contributed by atoms with Gasteiger partial charge in [-0.3, -0.25) is 4.68 Å². The number of aromatic nitrogens is 2. The molecule has 1 heterocycles. The summed E-state index contributed by atoms with van der Waals surface area (Å²) in [4.78, 5) is 0. The fourth-order valence-electron chi connectivity index (χ4n) is 1.16. The van der Waals surface area contributed by atoms with E-state index in [2.05, 4.69) is 5.10 Å². The molecule has 4 nitrogen and oxygen atoms in total. The first-order chi connectivity index (χ1) is 5.99. The Morgan fingerprint density at radius 1 is 1.69 bits per heavy atom. The Kier molecular flexibility index (Phi) is 2.73. The van der Waals surface area contributed by atoms with Gasteiger partial charge in [0, 0.05) is 13.2 Å². The molecule has 2 unspecified atom stereocenters. The van der Waals surface area contributed by atoms with E-state index < -0.39 is 11.7 Å². The number of rotatable bonds is 3. The van der Waals surface area contributed by atoms with Crippen molar-refractivity contribution in [3.63, 3.8) is 0 Å². The molecule has 0 fully saturated rings. The molecule has 0 aliphatic heterocycles. The number of aliphatic hydroxyl groups is 2. The molecule has 2 atom stereocenters. The summed E-state index contributed by atoms with van der Waals surface area (Å²) in [7, 11) is 1.74. The van der Waals surface area contributed by atoms with E-state index in [0.29, 0.717) is 12.1 Å². The normalized spacial score (nSPS) is 18.2. The van der Waals surface area contributed by atoms with E-state index >= 15 is 0 Å². The Balaban J connectivity index is 2.91. The molecule has 0 amide bonds. The summed E-state index contributed by atoms with van der Waals surface area (Å²) in [6, 6.07) is 1.70. The Morgan fingerprint density at radius 2 is 2.31 bits per heavy atom. The molecule has 0 aliphatic rings. The molecule has 0 saturated heterocycles. The summed E-state index contributed by atoms with van der Waals surface area (Å²) in [5.74, 6) is 0. The zero-order valence-electron chi connectivity index (χ0n) is 8.23. The zero-order chi connectivity index (χ0) is 10.1. The minimum absolute atomic E-state index is 0.499. The van der Waals surface area contributed by atoms with Crippen molar-refractivity contribution in [3.8, 4) is 0 Å². The Bertz CT molecular complexity index is 281. The maximum atomic E-state index is 9.81. The molecule has 1 aromatic heterocycles. The first-order valence-corrected chi connectivity index (χ1v) is 4.37. The lowest BCUT2D eigenvalue weighted by Gasteiger charge is -2.27. The average Bonchev–Trinajstić information content (AvgIpc) is 2.50. The van der Waals surface area contributed by atoms with Gasteiger partial charge < -0.3 is 10.2 Å². The van der Waals surface area contributed by atoms with E-state index in [1.165, 1.54) is 0 Å². The number of aliphatic hydroxyl groups excluding tert-OH is 1. The second-order valence-corrected chi connectivity index (χ2v) is 3.49. The van der Waals surface area contributed by atoms with E-state index in [1.54, 1.807) is 30.9 Å². The standard InChI is InChI=1S/C9H16N2O2/c1-4-9(2,13)8(12)7-5-6-10-11(7)3/h5-6,8,12-13H,4H2,1-3H3. The molecule has 0 spiro atoms. The van der Waals surface area contributed by atoms with Crippen LogP contribution in [0.15, 0.2) is 12.3 Å². The molecule has 0 radical (unpaired) electrons. The van der Waals surface area contributed by atoms with Crippen molar-refractivity contribution in [1.82, 2.24) is 9.78 Å². The summed E-state index contributed by atoms with van der Waals surface area (Å²) in [6.07, 6.45) is 1.22. The minimum atomic E-state index is -1.09. The summed E-state index contributed by atoms with van der Waals surface area (Å²) < 4.78 is 1.56. The van der Waals surface area contributed by atoms with E-state index in [1.807, 2.05) is 6.92 Å². The lowest BCUT2D eigenvalue weighted by Crippen LogP contribution is -2.33. The molecule has 4 heteroatoms. The third-order valence-electron chi connectivity index (χ3n) is 2.44. The fourth-order valence-corrected chi connectivity index (χ4v) is 1.16. The van der Waals surface area contributed by atoms with Gasteiger partial charge in [0.2, 0.25) is 0 Å². The van der Waals surface area contributed by atoms with Crippen LogP contribution in [-0.4, -0.2) is 25.6 Å². The monoisotopic (exact) mass is 184 g/mol. The zero-order valence-corrected chi connectivity index (χ0v) is 8.23. The molecule has 0 saturated carbocycles. The quantitative estimate of drug-likeness (QED) is 0.723. The van der Waals surface area contributed by atoms with Crippen LogP contribution in [0, 0.1) is 0 Å². The Labute approximate surface area is 77.8 Å². The topological polar surface area (TPSA) is 58.3 Å². The second-order valence-electron chi connectivity index (χ2n) is 3.49. The lowest BCUT2D eigenvalue weighted by molar-refractivity contribution is -0.0693. The van der Waals surface area contributed by atoms with Crippen molar-refractivity contribution >= 4 is 0 Å². The van der Waals surface area contributed by atoms with Crippen LogP contribution in [0.4, 0.5) is 0 Å². The van der Waals surface area contributed by atoms with Gasteiger partial charge in [-0.1, -0.05) is 6.92 Å². The van der Waals surface area contributed by atoms with Crippen LogP contribution < -0.4 is 0 Å². The van der Waals surface area contributed by atoms with Crippen molar-refractivity contribution in [1.29, 1.82) is 0 Å². The van der Waals surface area contributed by atoms with E-state index in [-0.39, 0.29) is 0 Å². The SMILES string of the molecule is CCC(C)(O)C(O)c1ccnn1C. The predicted molar refractivity (Wildman–Crippen MR) is 49.1 cm³/mol. The van der Waals surface area contributed by atoms with Crippen molar-refractivity contribution in [2.24, 2.45) is 7.05 Å². The molecule has 0 bridgehead atoms. The van der Waals surface area contributed by atoms with Crippen molar-refractivity contribution < 1.29 is 10.2 Å². The number of hydrogen-bond donors (Lipinski definition) is 2. The first-order valence-electron chi connectivity index (χ1n) is 4.37. The Morgan fingerprint density at radius 3 is 2.69 bits per heavy atom. The summed E-state index contributed by atoms with van der Waals surface area (Å²) in [5, 5.41) is 23.5. The highest BCUT2D eigenvalue weighted by Gasteiger charge is 2.31. The van der Waals surface area contributed by atoms with Crippen LogP contribution in [0.1, 0.15) is 32.1 Å². The van der Waals surface area contributed by atoms with Gasteiger partial charge >= 0.3 is 0 Å². The van der Waals surface area contributed by atoms with Crippen LogP contribution >= 0.6 is 0 Å². The van der Waals surface area contributed by atoms with Gasteiger partial charge in [0.25, 0.3) is 0 Å². The third kappa shape index (κ3) is 1.89. The highest BCUT2D eigenvalue weighted by atomic mass is 16.3. The first kappa shape index (κ1) is 10.2. The predicted octanol–water partition coefficient (Wildman–Crippen LogP) is 0.614. The molecule has 2 N–H and O–H groups in total. The van der Waals surface area contributed by atoms with Crippen LogP contribution in [0.3, 0.4) is 0 Å². The van der Waals surface area contributed by atoms with E-state index in [9.17, 15) is 10.2 Å². The molecule has 74 valence electrons. The molecule has 1 rings (SSSR count). The maximum Gasteiger partial charge on any atom is 0.124 e. The highest BCUT2D eigenvalue weighted by molar-refractivity contribution is 5.08. The summed E-state index contributed by atoms with van der Waals surface area (Å²) >= 11 is 0. The van der Waals surface area contributed by atoms with Gasteiger partial charge in [0.05, 0.1) is 11.3 Å². The molecular weight excluding hydrogens is 168 g/mol. The minimum Gasteiger partial charge on any atom is -0.387 e. The van der Waals surface area contributed by atoms with Gasteiger partial charge in [-0.15, -0.1) is 0 Å². The maximum absolute atomic E-state index is 9.81. The average molecular weight is 184 g/mol. The van der Waals surface area contributed by atoms with Crippen LogP contribution in [0.25, 0.3) is 0 Å². The van der Waals surface area contributed by atoms with Crippen LogP contribution in [0.5, 0.6) is 0 Å². The molecule has 0 aromatic carbocycles. The summed E-state index contributed by atoms with van der Waals surface area (Å²) in [6.45, 7) is 3.45. The van der Waals surface area contributed by atoms with Gasteiger partial charge in [-0.25, -0.2) is 0 Å². The largest absolute Gasteiger partial charge is 0.387 e. The molecule has 1 aromatic rings. The smallest absolute Gasteiger partial charge is 0.124 e. The number of hydrogen-bond acceptors (Lipinski definition) is 3.